The maximum Gasteiger partial charge on any atom is 1.00 e. The molecule has 0 saturated carbocycles. The quantitative estimate of drug-likeness (QED) is 0.343. The molecule has 0 fully saturated rings. The van der Waals surface area contributed by atoms with Gasteiger partial charge in [-0.3, -0.25) is 0 Å². The Labute approximate surface area is 195 Å². The Hall–Kier alpha value is 6.92. The van der Waals surface area contributed by atoms with Crippen LogP contribution in [0, 0.1) is 0 Å². The Morgan fingerprint density at radius 1 is 0.417 bits per heavy atom. The second-order valence-corrected chi connectivity index (χ2v) is 28.9. The van der Waals surface area contributed by atoms with Crippen LogP contribution in [-0.4, -0.2) is 0 Å². The van der Waals surface area contributed by atoms with E-state index in [-0.39, 0.29) is 103 Å². The minimum atomic E-state index is -2.81. The maximum atomic E-state index is 4.98. The molecule has 0 bridgehead atoms. The Bertz CT molecular complexity index is 58.0. The van der Waals surface area contributed by atoms with Crippen molar-refractivity contribution in [1.82, 2.24) is 0 Å². The van der Waals surface area contributed by atoms with Crippen LogP contribution in [0.2, 0.25) is 0 Å². The van der Waals surface area contributed by atoms with E-state index in [0.717, 1.165) is 0 Å². The van der Waals surface area contributed by atoms with Crippen LogP contribution in [0.5, 0.6) is 0 Å². The molecule has 0 nitrogen and oxygen atoms in total. The maximum absolute atomic E-state index is 4.98. The zero-order valence-electron chi connectivity index (χ0n) is 5.66. The first-order valence-electron chi connectivity index (χ1n) is 0.956. The topological polar surface area (TPSA) is 0 Å². The van der Waals surface area contributed by atoms with Gasteiger partial charge >= 0.3 is 202 Å². The zero-order chi connectivity index (χ0) is 9.00. The van der Waals surface area contributed by atoms with Crippen LogP contribution < -0.4 is 103 Å². The molecule has 0 saturated heterocycles. The van der Waals surface area contributed by atoms with Crippen LogP contribution in [0.1, 0.15) is 0 Å². The van der Waals surface area contributed by atoms with Crippen molar-refractivity contribution < 1.29 is 126 Å². The molecule has 0 heterocycles. The fourth-order valence-corrected chi connectivity index (χ4v) is 0. The van der Waals surface area contributed by atoms with Crippen molar-refractivity contribution in [3.63, 3.8) is 0 Å². The predicted molar refractivity (Wildman–Crippen MR) is 46.8 cm³/mol. The minimum absolute atomic E-state index is 0. The smallest absolute Gasteiger partial charge is 1.00 e. The van der Waals surface area contributed by atoms with Crippen LogP contribution in [0.4, 0.5) is 0 Å². The van der Waals surface area contributed by atoms with Crippen LogP contribution in [-0.2, 0) is 22.9 Å². The third kappa shape index (κ3) is 89.6. The molecule has 0 N–H and O–H groups in total. The summed E-state index contributed by atoms with van der Waals surface area (Å²) in [5.74, 6) is 0. The van der Waals surface area contributed by atoms with Crippen molar-refractivity contribution >= 4 is 76.2 Å². The van der Waals surface area contributed by atoms with Gasteiger partial charge in [-0.1, -0.05) is 0 Å². The fourth-order valence-electron chi connectivity index (χ4n) is 0. The van der Waals surface area contributed by atoms with Crippen LogP contribution in [0.3, 0.4) is 0 Å². The first kappa shape index (κ1) is 27.3. The van der Waals surface area contributed by atoms with Gasteiger partial charge in [0.2, 0.25) is 0 Å². The van der Waals surface area contributed by atoms with Gasteiger partial charge < -0.3 is 0 Å². The Morgan fingerprint density at radius 3 is 0.417 bits per heavy atom. The molecule has 0 aliphatic rings. The molecule has 12 heteroatoms. The molecule has 0 unspecified atom stereocenters. The van der Waals surface area contributed by atoms with E-state index in [1.165, 1.54) is 0 Å². The number of rotatable bonds is 0. The van der Waals surface area contributed by atoms with E-state index >= 15 is 0 Å². The van der Waals surface area contributed by atoms with Crippen molar-refractivity contribution in [1.29, 1.82) is 0 Å². The third-order valence-electron chi connectivity index (χ3n) is 0. The van der Waals surface area contributed by atoms with Gasteiger partial charge in [-0.2, -0.15) is 0 Å². The SMILES string of the molecule is [Cl][Pd]([Cl])([Cl])[Cl].[Cl][Pd]([Cl])([Cl])[Cl].[K+].[K+]. The van der Waals surface area contributed by atoms with Gasteiger partial charge in [0.15, 0.2) is 0 Å². The van der Waals surface area contributed by atoms with E-state index in [9.17, 15) is 0 Å². The molecule has 0 aliphatic carbocycles. The molecule has 12 heavy (non-hydrogen) atoms. The third-order valence-corrected chi connectivity index (χ3v) is 0. The number of hydrogen-bond acceptors (Lipinski definition) is 0. The van der Waals surface area contributed by atoms with Crippen molar-refractivity contribution in [2.24, 2.45) is 0 Å². The Morgan fingerprint density at radius 2 is 0.417 bits per heavy atom. The van der Waals surface area contributed by atoms with Crippen LogP contribution >= 0.6 is 76.2 Å². The number of hydrogen-bond donors (Lipinski definition) is 0. The Kier molecular flexibility index (Phi) is 32.6. The predicted octanol–water partition coefficient (Wildman–Crippen LogP) is -0.481. The summed E-state index contributed by atoms with van der Waals surface area (Å²) < 4.78 is 0. The summed E-state index contributed by atoms with van der Waals surface area (Å²) in [5, 5.41) is 0. The summed E-state index contributed by atoms with van der Waals surface area (Å²) >= 11 is -5.62. The summed E-state index contributed by atoms with van der Waals surface area (Å²) in [6.07, 6.45) is 0. The standard InChI is InChI=1S/8ClH.2K.2Pd/h8*1H;;;;/q;;;;;;;;2*+1;2*+4/p-8. The monoisotopic (exact) mass is 569 g/mol. The molecule has 0 radical (unpaired) electrons. The van der Waals surface area contributed by atoms with Gasteiger partial charge in [-0.25, -0.2) is 0 Å². The minimum Gasteiger partial charge on any atom is 1.00 e. The van der Waals surface area contributed by atoms with Crippen molar-refractivity contribution in [3.05, 3.63) is 0 Å². The molecule has 0 aromatic rings. The normalized spacial score (nSPS) is 12.7. The molecular formula is Cl8K2Pd2+2. The molecule has 0 aromatic heterocycles. The molecule has 0 rings (SSSR count). The van der Waals surface area contributed by atoms with Gasteiger partial charge in [-0.15, -0.1) is 0 Å². The van der Waals surface area contributed by atoms with Crippen molar-refractivity contribution in [3.8, 4) is 0 Å². The first-order valence-corrected chi connectivity index (χ1v) is 17.0. The van der Waals surface area contributed by atoms with E-state index < -0.39 is 22.9 Å². The fraction of sp³-hybridized carbons (Fsp3) is 0. The van der Waals surface area contributed by atoms with E-state index in [4.69, 9.17) is 76.2 Å². The van der Waals surface area contributed by atoms with E-state index in [0.29, 0.717) is 0 Å². The largest absolute Gasteiger partial charge is 1.00 e. The molecule has 0 spiro atoms. The molecule has 0 atom stereocenters. The van der Waals surface area contributed by atoms with Crippen molar-refractivity contribution in [2.45, 2.75) is 0 Å². The summed E-state index contributed by atoms with van der Waals surface area (Å²) in [6.45, 7) is 0. The average molecular weight is 575 g/mol. The van der Waals surface area contributed by atoms with E-state index in [2.05, 4.69) is 0 Å². The van der Waals surface area contributed by atoms with Gasteiger partial charge in [0.05, 0.1) is 0 Å². The summed E-state index contributed by atoms with van der Waals surface area (Å²) in [4.78, 5) is 0. The van der Waals surface area contributed by atoms with Crippen LogP contribution in [0.25, 0.3) is 0 Å². The average Bonchev–Trinajstić information content (AvgIpc) is 1.12. The summed E-state index contributed by atoms with van der Waals surface area (Å²) in [6, 6.07) is 0. The molecular weight excluding hydrogens is 575 g/mol. The molecule has 0 amide bonds. The molecule has 76 valence electrons. The second kappa shape index (κ2) is 14.3. The van der Waals surface area contributed by atoms with E-state index in [1.54, 1.807) is 0 Å². The van der Waals surface area contributed by atoms with Gasteiger partial charge in [0.1, 0.15) is 0 Å². The summed E-state index contributed by atoms with van der Waals surface area (Å²) in [5.41, 5.74) is 0. The van der Waals surface area contributed by atoms with Crippen LogP contribution in [0.15, 0.2) is 0 Å². The zero-order valence-corrected chi connectivity index (χ0v) is 21.1. The van der Waals surface area contributed by atoms with E-state index in [1.807, 2.05) is 0 Å². The van der Waals surface area contributed by atoms with Gasteiger partial charge in [0.25, 0.3) is 0 Å². The van der Waals surface area contributed by atoms with Gasteiger partial charge in [0, 0.05) is 0 Å². The molecule has 0 aromatic carbocycles. The van der Waals surface area contributed by atoms with Gasteiger partial charge in [-0.05, 0) is 0 Å². The summed E-state index contributed by atoms with van der Waals surface area (Å²) in [7, 11) is 39.8. The first-order chi connectivity index (χ1) is 4.00. The molecule has 0 aliphatic heterocycles. The van der Waals surface area contributed by atoms with Crippen molar-refractivity contribution in [2.75, 3.05) is 0 Å². The number of halogens is 8. The second-order valence-electron chi connectivity index (χ2n) is 0.542. The Balaban J connectivity index is -0.0000000457.